The third-order valence-corrected chi connectivity index (χ3v) is 5.12. The van der Waals surface area contributed by atoms with Crippen molar-refractivity contribution in [1.29, 1.82) is 0 Å². The van der Waals surface area contributed by atoms with Crippen molar-refractivity contribution in [3.63, 3.8) is 0 Å². The molecule has 0 bridgehead atoms. The first-order valence-electron chi connectivity index (χ1n) is 8.17. The van der Waals surface area contributed by atoms with Gasteiger partial charge in [0.1, 0.15) is 11.8 Å². The number of carbonyl (C=O) groups excluding carboxylic acids is 1. The number of benzene rings is 1. The number of amides is 1. The maximum Gasteiger partial charge on any atom is 0.241 e. The normalized spacial score (nSPS) is 25.8. The van der Waals surface area contributed by atoms with Gasteiger partial charge in [0.05, 0.1) is 6.61 Å². The lowest BCUT2D eigenvalue weighted by Crippen LogP contribution is -2.63. The van der Waals surface area contributed by atoms with Crippen LogP contribution in [0.4, 0.5) is 0 Å². The summed E-state index contributed by atoms with van der Waals surface area (Å²) in [5.41, 5.74) is 2.65. The summed E-state index contributed by atoms with van der Waals surface area (Å²) in [7, 11) is 1.92. The summed E-state index contributed by atoms with van der Waals surface area (Å²) < 4.78 is 5.57. The highest BCUT2D eigenvalue weighted by Gasteiger charge is 2.37. The molecule has 0 spiro atoms. The van der Waals surface area contributed by atoms with Crippen LogP contribution in [0.5, 0.6) is 5.75 Å². The van der Waals surface area contributed by atoms with Gasteiger partial charge in [0.15, 0.2) is 0 Å². The van der Waals surface area contributed by atoms with E-state index in [-0.39, 0.29) is 11.9 Å². The van der Waals surface area contributed by atoms with Crippen molar-refractivity contribution >= 4 is 5.91 Å². The Bertz CT molecular complexity index is 589. The number of piperazine rings is 2. The van der Waals surface area contributed by atoms with Crippen LogP contribution in [-0.4, -0.2) is 73.0 Å². The average molecular weight is 301 g/mol. The number of fused-ring (bicyclic) bond motifs is 2. The molecule has 1 amide bonds. The fraction of sp³-hybridized carbons (Fsp3) is 0.588. The number of hydrogen-bond donors (Lipinski definition) is 0. The Morgan fingerprint density at radius 1 is 1.23 bits per heavy atom. The summed E-state index contributed by atoms with van der Waals surface area (Å²) in [6.45, 7) is 6.49. The first kappa shape index (κ1) is 14.0. The largest absolute Gasteiger partial charge is 0.493 e. The Morgan fingerprint density at radius 3 is 3.00 bits per heavy atom. The first-order valence-corrected chi connectivity index (χ1v) is 8.17. The van der Waals surface area contributed by atoms with Crippen molar-refractivity contribution in [2.45, 2.75) is 19.0 Å². The smallest absolute Gasteiger partial charge is 0.241 e. The SMILES string of the molecule is CN1CCN2CCN(Cc3ccc4c(c3)CCO4)C[C@H]2C1=O. The molecule has 2 fully saturated rings. The summed E-state index contributed by atoms with van der Waals surface area (Å²) in [5.74, 6) is 1.32. The van der Waals surface area contributed by atoms with Gasteiger partial charge in [-0.25, -0.2) is 0 Å². The summed E-state index contributed by atoms with van der Waals surface area (Å²) >= 11 is 0. The quantitative estimate of drug-likeness (QED) is 0.801. The van der Waals surface area contributed by atoms with Gasteiger partial charge in [-0.15, -0.1) is 0 Å². The lowest BCUT2D eigenvalue weighted by atomic mass is 10.1. The molecule has 0 radical (unpaired) electrons. The van der Waals surface area contributed by atoms with Crippen molar-refractivity contribution < 1.29 is 9.53 Å². The Balaban J connectivity index is 1.44. The molecule has 3 aliphatic heterocycles. The second kappa shape index (κ2) is 5.56. The summed E-state index contributed by atoms with van der Waals surface area (Å²) in [6, 6.07) is 6.56. The number of likely N-dealkylation sites (N-methyl/N-ethyl adjacent to an activating group) is 1. The molecule has 4 rings (SSSR count). The number of carbonyl (C=O) groups is 1. The van der Waals surface area contributed by atoms with Gasteiger partial charge in [0.2, 0.25) is 5.91 Å². The maximum atomic E-state index is 12.4. The molecule has 0 unspecified atom stereocenters. The second-order valence-electron chi connectivity index (χ2n) is 6.59. The minimum absolute atomic E-state index is 0.0465. The lowest BCUT2D eigenvalue weighted by Gasteiger charge is -2.45. The molecule has 0 saturated carbocycles. The zero-order valence-corrected chi connectivity index (χ0v) is 13.1. The predicted molar refractivity (Wildman–Crippen MR) is 83.9 cm³/mol. The molecule has 0 aliphatic carbocycles. The number of nitrogens with zero attached hydrogens (tertiary/aromatic N) is 3. The van der Waals surface area contributed by atoms with Crippen LogP contribution in [0.15, 0.2) is 18.2 Å². The Labute approximate surface area is 131 Å². The number of hydrogen-bond acceptors (Lipinski definition) is 4. The molecular weight excluding hydrogens is 278 g/mol. The van der Waals surface area contributed by atoms with Crippen LogP contribution >= 0.6 is 0 Å². The van der Waals surface area contributed by atoms with Crippen LogP contribution in [0.1, 0.15) is 11.1 Å². The number of rotatable bonds is 2. The van der Waals surface area contributed by atoms with Gasteiger partial charge in [-0.05, 0) is 17.2 Å². The Kier molecular flexibility index (Phi) is 3.54. The number of ether oxygens (including phenoxy) is 1. The van der Waals surface area contributed by atoms with E-state index in [1.165, 1.54) is 11.1 Å². The Hall–Kier alpha value is -1.59. The van der Waals surface area contributed by atoms with E-state index in [0.717, 1.165) is 58.0 Å². The molecule has 1 aromatic carbocycles. The van der Waals surface area contributed by atoms with Gasteiger partial charge in [-0.3, -0.25) is 14.6 Å². The first-order chi connectivity index (χ1) is 10.7. The van der Waals surface area contributed by atoms with Crippen LogP contribution in [0.25, 0.3) is 0 Å². The molecule has 3 aliphatic rings. The van der Waals surface area contributed by atoms with Crippen LogP contribution < -0.4 is 4.74 Å². The van der Waals surface area contributed by atoms with Crippen LogP contribution in [0.2, 0.25) is 0 Å². The molecule has 1 aromatic rings. The van der Waals surface area contributed by atoms with E-state index in [0.29, 0.717) is 0 Å². The van der Waals surface area contributed by atoms with E-state index in [9.17, 15) is 4.79 Å². The fourth-order valence-corrected chi connectivity index (χ4v) is 3.76. The highest BCUT2D eigenvalue weighted by molar-refractivity contribution is 5.82. The topological polar surface area (TPSA) is 36.0 Å². The fourth-order valence-electron chi connectivity index (χ4n) is 3.76. The minimum atomic E-state index is 0.0465. The third kappa shape index (κ3) is 2.48. The molecule has 22 heavy (non-hydrogen) atoms. The van der Waals surface area contributed by atoms with Crippen molar-refractivity contribution in [3.05, 3.63) is 29.3 Å². The van der Waals surface area contributed by atoms with Crippen molar-refractivity contribution in [3.8, 4) is 5.75 Å². The molecule has 1 atom stereocenters. The highest BCUT2D eigenvalue weighted by Crippen LogP contribution is 2.27. The van der Waals surface area contributed by atoms with Crippen molar-refractivity contribution in [2.24, 2.45) is 0 Å². The van der Waals surface area contributed by atoms with Crippen molar-refractivity contribution in [1.82, 2.24) is 14.7 Å². The standard InChI is InChI=1S/C17H23N3O2/c1-18-5-7-20-8-6-19(12-15(20)17(18)21)11-13-2-3-16-14(10-13)4-9-22-16/h2-3,10,15H,4-9,11-12H2,1H3/t15-/m0/s1. The summed E-state index contributed by atoms with van der Waals surface area (Å²) in [6.07, 6.45) is 1.02. The molecular formula is C17H23N3O2. The third-order valence-electron chi connectivity index (χ3n) is 5.12. The molecule has 3 heterocycles. The van der Waals surface area contributed by atoms with Gasteiger partial charge >= 0.3 is 0 Å². The zero-order chi connectivity index (χ0) is 15.1. The highest BCUT2D eigenvalue weighted by atomic mass is 16.5. The van der Waals surface area contributed by atoms with Crippen molar-refractivity contribution in [2.75, 3.05) is 46.4 Å². The minimum Gasteiger partial charge on any atom is -0.493 e. The molecule has 5 nitrogen and oxygen atoms in total. The van der Waals surface area contributed by atoms with Crippen LogP contribution in [-0.2, 0) is 17.8 Å². The van der Waals surface area contributed by atoms with Gasteiger partial charge < -0.3 is 9.64 Å². The zero-order valence-electron chi connectivity index (χ0n) is 13.1. The molecule has 2 saturated heterocycles. The van der Waals surface area contributed by atoms with Gasteiger partial charge in [0, 0.05) is 52.7 Å². The molecule has 118 valence electrons. The van der Waals surface area contributed by atoms with E-state index >= 15 is 0 Å². The van der Waals surface area contributed by atoms with E-state index in [4.69, 9.17) is 4.74 Å². The van der Waals surface area contributed by atoms with Gasteiger partial charge in [-0.2, -0.15) is 0 Å². The van der Waals surface area contributed by atoms with E-state index in [1.54, 1.807) is 0 Å². The lowest BCUT2D eigenvalue weighted by molar-refractivity contribution is -0.143. The predicted octanol–water partition coefficient (Wildman–Crippen LogP) is 0.580. The second-order valence-corrected chi connectivity index (χ2v) is 6.59. The molecule has 0 N–H and O–H groups in total. The van der Waals surface area contributed by atoms with Gasteiger partial charge in [-0.1, -0.05) is 12.1 Å². The maximum absolute atomic E-state index is 12.4. The summed E-state index contributed by atoms with van der Waals surface area (Å²) in [4.78, 5) is 19.0. The summed E-state index contributed by atoms with van der Waals surface area (Å²) in [5, 5.41) is 0. The molecule has 5 heteroatoms. The monoisotopic (exact) mass is 301 g/mol. The van der Waals surface area contributed by atoms with Crippen LogP contribution in [0, 0.1) is 0 Å². The van der Waals surface area contributed by atoms with Gasteiger partial charge in [0.25, 0.3) is 0 Å². The van der Waals surface area contributed by atoms with Crippen LogP contribution in [0.3, 0.4) is 0 Å². The van der Waals surface area contributed by atoms with E-state index < -0.39 is 0 Å². The average Bonchev–Trinajstić information content (AvgIpc) is 2.99. The van der Waals surface area contributed by atoms with E-state index in [1.807, 2.05) is 11.9 Å². The molecule has 0 aromatic heterocycles. The Morgan fingerprint density at radius 2 is 2.09 bits per heavy atom. The van der Waals surface area contributed by atoms with E-state index in [2.05, 4.69) is 28.0 Å².